The van der Waals surface area contributed by atoms with Crippen LogP contribution in [0.5, 0.6) is 0 Å². The van der Waals surface area contributed by atoms with Crippen molar-refractivity contribution in [2.24, 2.45) is 5.92 Å². The summed E-state index contributed by atoms with van der Waals surface area (Å²) in [6, 6.07) is 36.6. The number of nitrogens with zero attached hydrogens (tertiary/aromatic N) is 1. The van der Waals surface area contributed by atoms with Crippen molar-refractivity contribution in [2.45, 2.75) is 23.9 Å². The van der Waals surface area contributed by atoms with Gasteiger partial charge in [-0.05, 0) is 23.6 Å². The van der Waals surface area contributed by atoms with Crippen LogP contribution in [0, 0.1) is 5.92 Å². The molecule has 194 valence electrons. The molecule has 0 saturated carbocycles. The van der Waals surface area contributed by atoms with E-state index in [2.05, 4.69) is 17.4 Å². The second-order valence-electron chi connectivity index (χ2n) is 10.3. The number of hydrogen-bond donors (Lipinski definition) is 2. The maximum absolute atomic E-state index is 14.4. The van der Waals surface area contributed by atoms with Gasteiger partial charge < -0.3 is 10.0 Å². The third kappa shape index (κ3) is 4.16. The Morgan fingerprint density at radius 2 is 1.46 bits per heavy atom. The van der Waals surface area contributed by atoms with Crippen LogP contribution >= 0.6 is 0 Å². The van der Waals surface area contributed by atoms with Crippen molar-refractivity contribution in [1.82, 2.24) is 5.32 Å². The second kappa shape index (κ2) is 10.0. The lowest BCUT2D eigenvalue weighted by Crippen LogP contribution is -2.53. The Bertz CT molecular complexity index is 1530. The number of amides is 1. The van der Waals surface area contributed by atoms with E-state index in [4.69, 9.17) is 0 Å². The highest BCUT2D eigenvalue weighted by Crippen LogP contribution is 2.54. The molecule has 5 heteroatoms. The summed E-state index contributed by atoms with van der Waals surface area (Å²) in [4.78, 5) is 30.3. The zero-order valence-electron chi connectivity index (χ0n) is 21.7. The lowest BCUT2D eigenvalue weighted by Gasteiger charge is -2.31. The Balaban J connectivity index is 1.55. The number of para-hydroxylation sites is 1. The van der Waals surface area contributed by atoms with Crippen molar-refractivity contribution in [3.63, 3.8) is 0 Å². The third-order valence-corrected chi connectivity index (χ3v) is 8.14. The summed E-state index contributed by atoms with van der Waals surface area (Å²) in [6.07, 6.45) is 1.94. The highest BCUT2D eigenvalue weighted by atomic mass is 16.3. The lowest BCUT2D eigenvalue weighted by molar-refractivity contribution is -0.131. The van der Waals surface area contributed by atoms with Crippen molar-refractivity contribution < 1.29 is 14.7 Å². The first-order valence-electron chi connectivity index (χ1n) is 13.2. The molecular formula is C34H30N2O3. The van der Waals surface area contributed by atoms with E-state index in [1.54, 1.807) is 24.1 Å². The zero-order valence-corrected chi connectivity index (χ0v) is 21.7. The second-order valence-corrected chi connectivity index (χ2v) is 10.3. The smallest absolute Gasteiger partial charge is 0.252 e. The van der Waals surface area contributed by atoms with Gasteiger partial charge in [-0.25, -0.2) is 0 Å². The van der Waals surface area contributed by atoms with Gasteiger partial charge in [-0.1, -0.05) is 109 Å². The molecule has 4 aromatic carbocycles. The molecule has 39 heavy (non-hydrogen) atoms. The van der Waals surface area contributed by atoms with Crippen LogP contribution in [0.2, 0.25) is 0 Å². The van der Waals surface area contributed by atoms with Crippen molar-refractivity contribution in [1.29, 1.82) is 0 Å². The standard InChI is InChI=1S/C34H30N2O3/c1-36-28-20-12-11-19-26(28)34(33(36)39)32(30(38)22-29(37)24-15-7-3-8-16-24)31(25-17-9-4-10-18-25)27(35-34)21-23-13-5-2-6-14-23/h2-20,22,27,31-32,35,37H,21H2,1H3/b29-22-/t27-,31-,32+,34+/m1/s1. The van der Waals surface area contributed by atoms with E-state index in [0.717, 1.165) is 22.4 Å². The van der Waals surface area contributed by atoms with Gasteiger partial charge in [0.2, 0.25) is 0 Å². The number of likely N-dealkylation sites (N-methyl/N-ethyl adjacent to an activating group) is 1. The summed E-state index contributed by atoms with van der Waals surface area (Å²) in [5, 5.41) is 14.7. The van der Waals surface area contributed by atoms with Crippen molar-refractivity contribution >= 4 is 23.1 Å². The van der Waals surface area contributed by atoms with Crippen LogP contribution in [-0.2, 0) is 21.5 Å². The minimum atomic E-state index is -1.27. The average Bonchev–Trinajstić information content (AvgIpc) is 3.42. The molecule has 0 radical (unpaired) electrons. The number of nitrogens with one attached hydrogen (secondary N) is 1. The molecule has 4 atom stereocenters. The molecule has 1 fully saturated rings. The Hall–Kier alpha value is -4.48. The number of allylic oxidation sites excluding steroid dienone is 1. The van der Waals surface area contributed by atoms with Crippen LogP contribution in [0.25, 0.3) is 5.76 Å². The fourth-order valence-electron chi connectivity index (χ4n) is 6.46. The Labute approximate surface area is 228 Å². The first-order valence-corrected chi connectivity index (χ1v) is 13.2. The van der Waals surface area contributed by atoms with Crippen LogP contribution in [0.15, 0.2) is 121 Å². The predicted octanol–water partition coefficient (Wildman–Crippen LogP) is 5.64. The van der Waals surface area contributed by atoms with Gasteiger partial charge in [-0.2, -0.15) is 0 Å². The van der Waals surface area contributed by atoms with Crippen LogP contribution in [0.1, 0.15) is 28.2 Å². The highest BCUT2D eigenvalue weighted by molar-refractivity contribution is 6.13. The number of anilines is 1. The fourth-order valence-corrected chi connectivity index (χ4v) is 6.46. The number of rotatable bonds is 6. The topological polar surface area (TPSA) is 69.6 Å². The molecule has 1 spiro atoms. The number of ketones is 1. The Kier molecular flexibility index (Phi) is 6.37. The molecule has 0 aromatic heterocycles. The Morgan fingerprint density at radius 1 is 0.872 bits per heavy atom. The maximum atomic E-state index is 14.4. The van der Waals surface area contributed by atoms with Crippen LogP contribution in [-0.4, -0.2) is 29.9 Å². The largest absolute Gasteiger partial charge is 0.507 e. The summed E-state index contributed by atoms with van der Waals surface area (Å²) in [6.45, 7) is 0. The minimum Gasteiger partial charge on any atom is -0.507 e. The third-order valence-electron chi connectivity index (χ3n) is 8.14. The molecule has 4 aromatic rings. The van der Waals surface area contributed by atoms with Crippen molar-refractivity contribution in [2.75, 3.05) is 11.9 Å². The summed E-state index contributed by atoms with van der Waals surface area (Å²) in [5.74, 6) is -1.65. The molecule has 0 bridgehead atoms. The molecule has 2 aliphatic heterocycles. The number of benzene rings is 4. The summed E-state index contributed by atoms with van der Waals surface area (Å²) < 4.78 is 0. The van der Waals surface area contributed by atoms with Gasteiger partial charge in [0.1, 0.15) is 11.3 Å². The number of carbonyl (C=O) groups excluding carboxylic acids is 2. The van der Waals surface area contributed by atoms with Gasteiger partial charge in [0.05, 0.1) is 5.92 Å². The lowest BCUT2D eigenvalue weighted by atomic mass is 9.70. The molecule has 5 nitrogen and oxygen atoms in total. The first-order chi connectivity index (χ1) is 19.0. The highest BCUT2D eigenvalue weighted by Gasteiger charge is 2.65. The number of carbonyl (C=O) groups is 2. The first kappa shape index (κ1) is 24.8. The van der Waals surface area contributed by atoms with Crippen LogP contribution < -0.4 is 10.2 Å². The van der Waals surface area contributed by atoms with E-state index in [1.165, 1.54) is 6.08 Å². The molecule has 1 amide bonds. The van der Waals surface area contributed by atoms with E-state index in [1.807, 2.05) is 91.0 Å². The molecule has 2 aliphatic rings. The predicted molar refractivity (Wildman–Crippen MR) is 153 cm³/mol. The van der Waals surface area contributed by atoms with Crippen molar-refractivity contribution in [3.05, 3.63) is 144 Å². The minimum absolute atomic E-state index is 0.110. The van der Waals surface area contributed by atoms with Gasteiger partial charge in [-0.3, -0.25) is 14.9 Å². The maximum Gasteiger partial charge on any atom is 0.252 e. The van der Waals surface area contributed by atoms with Gasteiger partial charge in [0.25, 0.3) is 5.91 Å². The Morgan fingerprint density at radius 3 is 2.15 bits per heavy atom. The molecular weight excluding hydrogens is 484 g/mol. The zero-order chi connectivity index (χ0) is 27.0. The summed E-state index contributed by atoms with van der Waals surface area (Å²) >= 11 is 0. The van der Waals surface area contributed by atoms with Crippen LogP contribution in [0.4, 0.5) is 5.69 Å². The monoisotopic (exact) mass is 514 g/mol. The van der Waals surface area contributed by atoms with Gasteiger partial charge >= 0.3 is 0 Å². The van der Waals surface area contributed by atoms with E-state index in [9.17, 15) is 14.7 Å². The van der Waals surface area contributed by atoms with E-state index < -0.39 is 11.5 Å². The van der Waals surface area contributed by atoms with E-state index in [-0.39, 0.29) is 29.4 Å². The number of hydrogen-bond acceptors (Lipinski definition) is 4. The van der Waals surface area contributed by atoms with Crippen molar-refractivity contribution in [3.8, 4) is 0 Å². The van der Waals surface area contributed by atoms with E-state index >= 15 is 0 Å². The van der Waals surface area contributed by atoms with E-state index in [0.29, 0.717) is 12.0 Å². The molecule has 2 N–H and O–H groups in total. The SMILES string of the molecule is CN1C(=O)[C@]2(N[C@H](Cc3ccccc3)[C@@H](c3ccccc3)[C@@H]2C(=O)/C=C(\O)c2ccccc2)c2ccccc21. The quantitative estimate of drug-likeness (QED) is 0.258. The van der Waals surface area contributed by atoms with Gasteiger partial charge in [-0.15, -0.1) is 0 Å². The summed E-state index contributed by atoms with van der Waals surface area (Å²) in [5.41, 5.74) is 2.97. The average molecular weight is 515 g/mol. The normalized spacial score (nSPS) is 24.2. The number of fused-ring (bicyclic) bond motifs is 2. The van der Waals surface area contributed by atoms with Gasteiger partial charge in [0, 0.05) is 41.9 Å². The molecule has 0 unspecified atom stereocenters. The van der Waals surface area contributed by atoms with Crippen LogP contribution in [0.3, 0.4) is 0 Å². The number of aliphatic hydroxyl groups excluding tert-OH is 1. The van der Waals surface area contributed by atoms with Gasteiger partial charge in [0.15, 0.2) is 5.78 Å². The molecule has 1 saturated heterocycles. The molecule has 6 rings (SSSR count). The molecule has 0 aliphatic carbocycles. The fraction of sp³-hybridized carbons (Fsp3) is 0.176. The summed E-state index contributed by atoms with van der Waals surface area (Å²) in [7, 11) is 1.76. The number of aliphatic hydroxyl groups is 1. The molecule has 2 heterocycles.